The maximum absolute atomic E-state index is 13.0. The van der Waals surface area contributed by atoms with Gasteiger partial charge in [0.1, 0.15) is 11.8 Å². The molecule has 4 heterocycles. The highest BCUT2D eigenvalue weighted by molar-refractivity contribution is 5.82. The minimum absolute atomic E-state index is 0.142. The van der Waals surface area contributed by atoms with E-state index in [1.807, 2.05) is 29.3 Å². The number of nitrogens with one attached hydrogen (secondary N) is 1. The number of benzene rings is 1. The van der Waals surface area contributed by atoms with Crippen molar-refractivity contribution in [2.75, 3.05) is 13.1 Å². The first-order chi connectivity index (χ1) is 13.3. The molecule has 1 atom stereocenters. The van der Waals surface area contributed by atoms with Gasteiger partial charge in [0.25, 0.3) is 5.91 Å². The molecule has 2 aliphatic heterocycles. The highest BCUT2D eigenvalue weighted by atomic mass is 16.5. The molecule has 1 unspecified atom stereocenters. The molecule has 0 radical (unpaired) electrons. The number of aromatic nitrogens is 2. The third-order valence-corrected chi connectivity index (χ3v) is 5.97. The van der Waals surface area contributed by atoms with Crippen LogP contribution in [0.2, 0.25) is 0 Å². The van der Waals surface area contributed by atoms with Gasteiger partial charge in [-0.3, -0.25) is 4.79 Å². The molecule has 5 rings (SSSR count). The minimum Gasteiger partial charge on any atom is -0.363 e. The summed E-state index contributed by atoms with van der Waals surface area (Å²) in [7, 11) is 0. The van der Waals surface area contributed by atoms with Gasteiger partial charge in [-0.1, -0.05) is 24.3 Å². The van der Waals surface area contributed by atoms with E-state index >= 15 is 0 Å². The zero-order valence-electron chi connectivity index (χ0n) is 15.2. The number of hydrogen-bond donors (Lipinski definition) is 1. The summed E-state index contributed by atoms with van der Waals surface area (Å²) in [6, 6.07) is 12.4. The maximum Gasteiger partial charge on any atom is 0.252 e. The van der Waals surface area contributed by atoms with E-state index in [9.17, 15) is 4.79 Å². The first kappa shape index (κ1) is 16.5. The fraction of sp³-hybridized carbons (Fsp3) is 0.364. The lowest BCUT2D eigenvalue weighted by molar-refractivity contribution is -0.146. The van der Waals surface area contributed by atoms with Gasteiger partial charge in [0.2, 0.25) is 0 Å². The molecular weight excluding hydrogens is 338 g/mol. The van der Waals surface area contributed by atoms with Gasteiger partial charge < -0.3 is 14.6 Å². The predicted octanol–water partition coefficient (Wildman–Crippen LogP) is 3.41. The highest BCUT2D eigenvalue weighted by Crippen LogP contribution is 2.33. The molecule has 5 nitrogen and oxygen atoms in total. The van der Waals surface area contributed by atoms with E-state index in [0.717, 1.165) is 31.6 Å². The van der Waals surface area contributed by atoms with Crippen molar-refractivity contribution in [2.24, 2.45) is 0 Å². The van der Waals surface area contributed by atoms with Crippen molar-refractivity contribution in [3.8, 4) is 0 Å². The van der Waals surface area contributed by atoms with Gasteiger partial charge in [0.15, 0.2) is 0 Å². The first-order valence-electron chi connectivity index (χ1n) is 9.69. The zero-order chi connectivity index (χ0) is 18.2. The Morgan fingerprint density at radius 1 is 1.11 bits per heavy atom. The fourth-order valence-corrected chi connectivity index (χ4v) is 4.43. The third-order valence-electron chi connectivity index (χ3n) is 5.97. The Labute approximate surface area is 158 Å². The van der Waals surface area contributed by atoms with Gasteiger partial charge in [0.05, 0.1) is 6.61 Å². The van der Waals surface area contributed by atoms with Crippen LogP contribution in [0, 0.1) is 0 Å². The number of hydrogen-bond acceptors (Lipinski definition) is 3. The molecule has 1 N–H and O–H groups in total. The van der Waals surface area contributed by atoms with Crippen LogP contribution in [0.5, 0.6) is 0 Å². The van der Waals surface area contributed by atoms with Gasteiger partial charge in [0, 0.05) is 37.3 Å². The average molecular weight is 361 g/mol. The lowest BCUT2D eigenvalue weighted by Crippen LogP contribution is -2.46. The number of carbonyl (C=O) groups excluding carboxylic acids is 1. The SMILES string of the molecule is O=C(C1Cc2ccccc2CO1)N1CCC(c2c[nH]c3ncccc23)CC1. The number of carbonyl (C=O) groups is 1. The van der Waals surface area contributed by atoms with E-state index in [4.69, 9.17) is 4.74 Å². The first-order valence-corrected chi connectivity index (χ1v) is 9.69. The number of piperidine rings is 1. The smallest absolute Gasteiger partial charge is 0.252 e. The Balaban J connectivity index is 1.25. The second-order valence-electron chi connectivity index (χ2n) is 7.52. The fourth-order valence-electron chi connectivity index (χ4n) is 4.43. The Bertz CT molecular complexity index is 972. The largest absolute Gasteiger partial charge is 0.363 e. The van der Waals surface area contributed by atoms with E-state index in [2.05, 4.69) is 34.4 Å². The molecule has 3 aromatic rings. The number of aromatic amines is 1. The van der Waals surface area contributed by atoms with E-state index in [0.29, 0.717) is 18.9 Å². The van der Waals surface area contributed by atoms with Crippen LogP contribution in [0.25, 0.3) is 11.0 Å². The highest BCUT2D eigenvalue weighted by Gasteiger charge is 2.32. The number of nitrogens with zero attached hydrogens (tertiary/aromatic N) is 2. The molecule has 1 fully saturated rings. The summed E-state index contributed by atoms with van der Waals surface area (Å²) >= 11 is 0. The molecule has 1 saturated heterocycles. The molecule has 138 valence electrons. The summed E-state index contributed by atoms with van der Waals surface area (Å²) in [5, 5.41) is 1.20. The van der Waals surface area contributed by atoms with Crippen molar-refractivity contribution < 1.29 is 9.53 Å². The van der Waals surface area contributed by atoms with Gasteiger partial charge >= 0.3 is 0 Å². The summed E-state index contributed by atoms with van der Waals surface area (Å²) in [6.45, 7) is 2.11. The predicted molar refractivity (Wildman–Crippen MR) is 103 cm³/mol. The van der Waals surface area contributed by atoms with Crippen LogP contribution >= 0.6 is 0 Å². The summed E-state index contributed by atoms with van der Waals surface area (Å²) < 4.78 is 5.87. The van der Waals surface area contributed by atoms with E-state index in [1.54, 1.807) is 0 Å². The Kier molecular flexibility index (Phi) is 4.17. The Morgan fingerprint density at radius 3 is 2.78 bits per heavy atom. The standard InChI is InChI=1S/C22H23N3O2/c26-22(20-12-16-4-1-2-5-17(16)14-27-20)25-10-7-15(8-11-25)19-13-24-21-18(19)6-3-9-23-21/h1-6,9,13,15,20H,7-8,10-12,14H2,(H,23,24). The summed E-state index contributed by atoms with van der Waals surface area (Å²) in [5.41, 5.74) is 4.71. The van der Waals surface area contributed by atoms with Crippen molar-refractivity contribution in [1.29, 1.82) is 0 Å². The molecule has 5 heteroatoms. The van der Waals surface area contributed by atoms with Gasteiger partial charge in [-0.2, -0.15) is 0 Å². The van der Waals surface area contributed by atoms with Crippen LogP contribution in [-0.2, 0) is 22.6 Å². The molecular formula is C22H23N3O2. The van der Waals surface area contributed by atoms with Crippen molar-refractivity contribution in [3.63, 3.8) is 0 Å². The van der Waals surface area contributed by atoms with Crippen molar-refractivity contribution in [1.82, 2.24) is 14.9 Å². The van der Waals surface area contributed by atoms with Crippen LogP contribution < -0.4 is 0 Å². The molecule has 1 amide bonds. The molecule has 0 aliphatic carbocycles. The van der Waals surface area contributed by atoms with E-state index in [-0.39, 0.29) is 12.0 Å². The van der Waals surface area contributed by atoms with Crippen molar-refractivity contribution in [2.45, 2.75) is 37.9 Å². The number of ether oxygens (including phenoxy) is 1. The second kappa shape index (κ2) is 6.82. The lowest BCUT2D eigenvalue weighted by atomic mass is 9.89. The average Bonchev–Trinajstić information content (AvgIpc) is 3.17. The van der Waals surface area contributed by atoms with Crippen LogP contribution in [0.3, 0.4) is 0 Å². The number of amides is 1. The Hall–Kier alpha value is -2.66. The minimum atomic E-state index is -0.339. The monoisotopic (exact) mass is 361 g/mol. The number of H-pyrrole nitrogens is 1. The van der Waals surface area contributed by atoms with Crippen molar-refractivity contribution in [3.05, 3.63) is 65.5 Å². The second-order valence-corrected chi connectivity index (χ2v) is 7.52. The summed E-state index contributed by atoms with van der Waals surface area (Å²) in [4.78, 5) is 22.6. The van der Waals surface area contributed by atoms with Gasteiger partial charge in [-0.15, -0.1) is 0 Å². The number of rotatable bonds is 2. The molecule has 0 saturated carbocycles. The van der Waals surface area contributed by atoms with Gasteiger partial charge in [-0.05, 0) is 47.6 Å². The van der Waals surface area contributed by atoms with Crippen molar-refractivity contribution >= 4 is 16.9 Å². The van der Waals surface area contributed by atoms with Crippen LogP contribution in [-0.4, -0.2) is 40.0 Å². The van der Waals surface area contributed by atoms with E-state index in [1.165, 1.54) is 22.1 Å². The lowest BCUT2D eigenvalue weighted by Gasteiger charge is -2.35. The van der Waals surface area contributed by atoms with Gasteiger partial charge in [-0.25, -0.2) is 4.98 Å². The normalized spacial score (nSPS) is 20.6. The maximum atomic E-state index is 13.0. The number of pyridine rings is 1. The molecule has 0 spiro atoms. The van der Waals surface area contributed by atoms with Crippen LogP contribution in [0.4, 0.5) is 0 Å². The quantitative estimate of drug-likeness (QED) is 0.761. The zero-order valence-corrected chi connectivity index (χ0v) is 15.2. The number of likely N-dealkylation sites (tertiary alicyclic amines) is 1. The summed E-state index contributed by atoms with van der Waals surface area (Å²) in [5.74, 6) is 0.614. The molecule has 27 heavy (non-hydrogen) atoms. The number of fused-ring (bicyclic) bond motifs is 2. The molecule has 0 bridgehead atoms. The molecule has 2 aromatic heterocycles. The third kappa shape index (κ3) is 3.02. The van der Waals surface area contributed by atoms with E-state index < -0.39 is 0 Å². The molecule has 2 aliphatic rings. The molecule has 1 aromatic carbocycles. The van der Waals surface area contributed by atoms with Crippen LogP contribution in [0.15, 0.2) is 48.8 Å². The summed E-state index contributed by atoms with van der Waals surface area (Å²) in [6.07, 6.45) is 6.21. The van der Waals surface area contributed by atoms with Crippen LogP contribution in [0.1, 0.15) is 35.4 Å². The Morgan fingerprint density at radius 2 is 1.93 bits per heavy atom. The topological polar surface area (TPSA) is 58.2 Å².